The van der Waals surface area contributed by atoms with Gasteiger partial charge in [-0.2, -0.15) is 0 Å². The van der Waals surface area contributed by atoms with Crippen LogP contribution in [0.5, 0.6) is 5.75 Å². The Morgan fingerprint density at radius 1 is 1.32 bits per heavy atom. The van der Waals surface area contributed by atoms with Gasteiger partial charge >= 0.3 is 6.36 Å². The molecule has 1 aromatic carbocycles. The molecular weight excluding hydrogens is 321 g/mol. The molecule has 2 atom stereocenters. The second kappa shape index (κ2) is 7.69. The Balaban J connectivity index is 0.00000242. The lowest BCUT2D eigenvalue weighted by atomic mass is 10.1. The molecular formula is C14H18ClF3N2O2. The predicted molar refractivity (Wildman–Crippen MR) is 77.5 cm³/mol. The molecule has 1 aliphatic carbocycles. The molecule has 124 valence electrons. The first kappa shape index (κ1) is 18.6. The average molecular weight is 339 g/mol. The molecule has 1 amide bonds. The van der Waals surface area contributed by atoms with Gasteiger partial charge < -0.3 is 15.8 Å². The van der Waals surface area contributed by atoms with Crippen molar-refractivity contribution in [3.05, 3.63) is 29.8 Å². The normalized spacial score (nSPS) is 21.1. The maximum absolute atomic E-state index is 12.3. The molecule has 1 fully saturated rings. The van der Waals surface area contributed by atoms with E-state index in [1.165, 1.54) is 18.2 Å². The first-order valence-electron chi connectivity index (χ1n) is 6.72. The lowest BCUT2D eigenvalue weighted by Crippen LogP contribution is -2.30. The number of alkyl halides is 3. The fourth-order valence-corrected chi connectivity index (χ4v) is 2.46. The zero-order chi connectivity index (χ0) is 15.5. The van der Waals surface area contributed by atoms with Gasteiger partial charge in [0.1, 0.15) is 5.75 Å². The third kappa shape index (κ3) is 5.38. The van der Waals surface area contributed by atoms with Crippen LogP contribution in [0.1, 0.15) is 24.8 Å². The average Bonchev–Trinajstić information content (AvgIpc) is 2.82. The van der Waals surface area contributed by atoms with Crippen LogP contribution in [0, 0.1) is 5.92 Å². The largest absolute Gasteiger partial charge is 0.573 e. The Labute approximate surface area is 132 Å². The summed E-state index contributed by atoms with van der Waals surface area (Å²) in [5.41, 5.74) is 6.02. The fraction of sp³-hybridized carbons (Fsp3) is 0.500. The summed E-state index contributed by atoms with van der Waals surface area (Å²) in [4.78, 5) is 11.9. The van der Waals surface area contributed by atoms with E-state index in [-0.39, 0.29) is 48.1 Å². The van der Waals surface area contributed by atoms with Gasteiger partial charge in [-0.25, -0.2) is 0 Å². The van der Waals surface area contributed by atoms with Crippen molar-refractivity contribution >= 4 is 18.3 Å². The van der Waals surface area contributed by atoms with Crippen LogP contribution in [0.25, 0.3) is 0 Å². The first-order valence-corrected chi connectivity index (χ1v) is 6.72. The monoisotopic (exact) mass is 338 g/mol. The second-order valence-electron chi connectivity index (χ2n) is 5.14. The molecule has 1 aliphatic rings. The van der Waals surface area contributed by atoms with Crippen LogP contribution in [-0.4, -0.2) is 18.3 Å². The van der Waals surface area contributed by atoms with Gasteiger partial charge in [-0.1, -0.05) is 18.2 Å². The molecule has 2 rings (SSSR count). The number of benzene rings is 1. The predicted octanol–water partition coefficient (Wildman–Crippen LogP) is 2.75. The van der Waals surface area contributed by atoms with Crippen LogP contribution in [0.15, 0.2) is 24.3 Å². The summed E-state index contributed by atoms with van der Waals surface area (Å²) in [5, 5.41) is 2.65. The number of amides is 1. The van der Waals surface area contributed by atoms with Gasteiger partial charge in [0, 0.05) is 24.1 Å². The topological polar surface area (TPSA) is 64.4 Å². The van der Waals surface area contributed by atoms with Gasteiger partial charge in [0.15, 0.2) is 0 Å². The number of carbonyl (C=O) groups is 1. The third-order valence-electron chi connectivity index (χ3n) is 3.50. The van der Waals surface area contributed by atoms with E-state index < -0.39 is 6.36 Å². The Bertz CT molecular complexity index is 511. The first-order chi connectivity index (χ1) is 9.85. The quantitative estimate of drug-likeness (QED) is 0.887. The van der Waals surface area contributed by atoms with Gasteiger partial charge in [-0.05, 0) is 25.3 Å². The molecule has 8 heteroatoms. The summed E-state index contributed by atoms with van der Waals surface area (Å²) in [6.07, 6.45) is -2.62. The summed E-state index contributed by atoms with van der Waals surface area (Å²) in [7, 11) is 0. The summed E-state index contributed by atoms with van der Waals surface area (Å²) < 4.78 is 40.8. The van der Waals surface area contributed by atoms with Crippen molar-refractivity contribution in [2.24, 2.45) is 11.7 Å². The summed E-state index contributed by atoms with van der Waals surface area (Å²) >= 11 is 0. The summed E-state index contributed by atoms with van der Waals surface area (Å²) in [5.74, 6) is -0.631. The molecule has 0 saturated heterocycles. The zero-order valence-corrected chi connectivity index (χ0v) is 12.5. The molecule has 4 nitrogen and oxygen atoms in total. The van der Waals surface area contributed by atoms with Crippen LogP contribution in [0.2, 0.25) is 0 Å². The highest BCUT2D eigenvalue weighted by atomic mass is 35.5. The minimum absolute atomic E-state index is 0. The van der Waals surface area contributed by atoms with Crippen LogP contribution in [0.3, 0.4) is 0 Å². The standard InChI is InChI=1S/C14H17F3N2O2.ClH/c15-14(16,17)21-12-4-2-1-3-10(12)8-19-13(20)9-5-6-11(18)7-9;/h1-4,9,11H,5-8,18H2,(H,19,20);1H. The minimum atomic E-state index is -4.75. The fourth-order valence-electron chi connectivity index (χ4n) is 2.46. The van der Waals surface area contributed by atoms with Gasteiger partial charge in [0.05, 0.1) is 0 Å². The van der Waals surface area contributed by atoms with Crippen molar-refractivity contribution in [2.75, 3.05) is 0 Å². The number of carbonyl (C=O) groups excluding carboxylic acids is 1. The van der Waals surface area contributed by atoms with E-state index >= 15 is 0 Å². The number of nitrogens with one attached hydrogen (secondary N) is 1. The van der Waals surface area contributed by atoms with E-state index in [0.29, 0.717) is 12.8 Å². The molecule has 0 aromatic heterocycles. The van der Waals surface area contributed by atoms with E-state index in [0.717, 1.165) is 6.42 Å². The van der Waals surface area contributed by atoms with E-state index in [9.17, 15) is 18.0 Å². The highest BCUT2D eigenvalue weighted by Crippen LogP contribution is 2.27. The lowest BCUT2D eigenvalue weighted by molar-refractivity contribution is -0.274. The van der Waals surface area contributed by atoms with E-state index in [2.05, 4.69) is 10.1 Å². The maximum atomic E-state index is 12.3. The molecule has 0 radical (unpaired) electrons. The number of hydrogen-bond donors (Lipinski definition) is 2. The highest BCUT2D eigenvalue weighted by Gasteiger charge is 2.32. The van der Waals surface area contributed by atoms with Crippen molar-refractivity contribution in [2.45, 2.75) is 38.2 Å². The van der Waals surface area contributed by atoms with E-state index in [1.54, 1.807) is 6.07 Å². The minimum Gasteiger partial charge on any atom is -0.405 e. The van der Waals surface area contributed by atoms with Crippen molar-refractivity contribution in [1.82, 2.24) is 5.32 Å². The highest BCUT2D eigenvalue weighted by molar-refractivity contribution is 5.85. The Kier molecular flexibility index (Phi) is 6.49. The number of halogens is 4. The number of rotatable bonds is 4. The second-order valence-corrected chi connectivity index (χ2v) is 5.14. The SMILES string of the molecule is Cl.NC1CCC(C(=O)NCc2ccccc2OC(F)(F)F)C1. The van der Waals surface area contributed by atoms with Gasteiger partial charge in [-0.3, -0.25) is 4.79 Å². The summed E-state index contributed by atoms with van der Waals surface area (Å²) in [6.45, 7) is -0.00315. The molecule has 1 saturated carbocycles. The van der Waals surface area contributed by atoms with Crippen LogP contribution >= 0.6 is 12.4 Å². The Hall–Kier alpha value is -1.47. The van der Waals surface area contributed by atoms with Crippen LogP contribution in [-0.2, 0) is 11.3 Å². The van der Waals surface area contributed by atoms with Crippen LogP contribution in [0.4, 0.5) is 13.2 Å². The van der Waals surface area contributed by atoms with Gasteiger partial charge in [0.2, 0.25) is 5.91 Å². The van der Waals surface area contributed by atoms with Crippen molar-refractivity contribution < 1.29 is 22.7 Å². The number of nitrogens with two attached hydrogens (primary N) is 1. The lowest BCUT2D eigenvalue weighted by Gasteiger charge is -2.15. The molecule has 22 heavy (non-hydrogen) atoms. The smallest absolute Gasteiger partial charge is 0.405 e. The van der Waals surface area contributed by atoms with Crippen LogP contribution < -0.4 is 15.8 Å². The number of para-hydroxylation sites is 1. The third-order valence-corrected chi connectivity index (χ3v) is 3.50. The molecule has 0 spiro atoms. The Morgan fingerprint density at radius 3 is 2.59 bits per heavy atom. The van der Waals surface area contributed by atoms with Crippen molar-refractivity contribution in [3.63, 3.8) is 0 Å². The molecule has 3 N–H and O–H groups in total. The van der Waals surface area contributed by atoms with Gasteiger partial charge in [0.25, 0.3) is 0 Å². The molecule has 0 heterocycles. The molecule has 2 unspecified atom stereocenters. The van der Waals surface area contributed by atoms with Gasteiger partial charge in [-0.15, -0.1) is 25.6 Å². The van der Waals surface area contributed by atoms with E-state index in [4.69, 9.17) is 5.73 Å². The van der Waals surface area contributed by atoms with Crippen molar-refractivity contribution in [3.8, 4) is 5.75 Å². The molecule has 1 aromatic rings. The Morgan fingerprint density at radius 2 is 2.00 bits per heavy atom. The zero-order valence-electron chi connectivity index (χ0n) is 11.7. The van der Waals surface area contributed by atoms with Crippen molar-refractivity contribution in [1.29, 1.82) is 0 Å². The number of hydrogen-bond acceptors (Lipinski definition) is 3. The molecule has 0 aliphatic heterocycles. The maximum Gasteiger partial charge on any atom is 0.573 e. The van der Waals surface area contributed by atoms with E-state index in [1.807, 2.05) is 0 Å². The number of ether oxygens (including phenoxy) is 1. The molecule has 0 bridgehead atoms. The summed E-state index contributed by atoms with van der Waals surface area (Å²) in [6, 6.07) is 5.78.